The normalized spacial score (nSPS) is 26.7. The van der Waals surface area contributed by atoms with Gasteiger partial charge in [0.1, 0.15) is 17.2 Å². The van der Waals surface area contributed by atoms with Gasteiger partial charge in [-0.25, -0.2) is 0 Å². The number of pyridine rings is 1. The van der Waals surface area contributed by atoms with Gasteiger partial charge in [0.25, 0.3) is 0 Å². The highest BCUT2D eigenvalue weighted by atomic mass is 32.2. The summed E-state index contributed by atoms with van der Waals surface area (Å²) in [6, 6.07) is 24.9. The van der Waals surface area contributed by atoms with E-state index in [1.165, 1.54) is 5.56 Å². The van der Waals surface area contributed by atoms with Crippen LogP contribution in [-0.2, 0) is 20.7 Å². The number of benzene rings is 3. The molecule has 2 aliphatic heterocycles. The van der Waals surface area contributed by atoms with E-state index in [9.17, 15) is 10.2 Å². The van der Waals surface area contributed by atoms with E-state index in [1.807, 2.05) is 54.5 Å². The lowest BCUT2D eigenvalue weighted by molar-refractivity contribution is -0.223. The molecule has 4 aliphatic rings. The number of rotatable bonds is 19. The van der Waals surface area contributed by atoms with Crippen LogP contribution in [-0.4, -0.2) is 70.4 Å². The number of aliphatic hydroxyl groups excluding tert-OH is 2. The average molecular weight is 819 g/mol. The Bertz CT molecular complexity index is 2070. The minimum atomic E-state index is -1.03. The Hall–Kier alpha value is -4.19. The number of hydrogen-bond donors (Lipinski definition) is 2. The van der Waals surface area contributed by atoms with Gasteiger partial charge in [-0.05, 0) is 127 Å². The molecule has 312 valence electrons. The number of ether oxygens (including phenoxy) is 4. The molecule has 4 aromatic rings. The summed E-state index contributed by atoms with van der Waals surface area (Å²) in [6.45, 7) is 5.39. The van der Waals surface area contributed by atoms with Gasteiger partial charge in [-0.15, -0.1) is 6.58 Å². The maximum absolute atomic E-state index is 9.99. The molecule has 3 heterocycles. The van der Waals surface area contributed by atoms with Gasteiger partial charge in [-0.1, -0.05) is 60.5 Å². The number of thioether (sulfide) groups is 1. The van der Waals surface area contributed by atoms with Crippen molar-refractivity contribution in [3.05, 3.63) is 121 Å². The molecule has 9 nitrogen and oxygen atoms in total. The third-order valence-electron chi connectivity index (χ3n) is 12.5. The predicted molar refractivity (Wildman–Crippen MR) is 234 cm³/mol. The smallest absolute Gasteiger partial charge is 0.230 e. The molecule has 0 amide bonds. The molecule has 3 aromatic carbocycles. The molecule has 0 radical (unpaired) electrons. The summed E-state index contributed by atoms with van der Waals surface area (Å²) in [6.07, 6.45) is 17.0. The second-order valence-electron chi connectivity index (χ2n) is 16.2. The molecule has 8 rings (SSSR count). The summed E-state index contributed by atoms with van der Waals surface area (Å²) in [4.78, 5) is 10.5. The monoisotopic (exact) mass is 818 g/mol. The van der Waals surface area contributed by atoms with Crippen LogP contribution in [0.1, 0.15) is 81.3 Å². The predicted octanol–water partition coefficient (Wildman–Crippen LogP) is 10.2. The van der Waals surface area contributed by atoms with E-state index in [0.29, 0.717) is 19.6 Å². The van der Waals surface area contributed by atoms with Crippen LogP contribution in [0, 0.1) is 17.8 Å². The van der Waals surface area contributed by atoms with Gasteiger partial charge in [0, 0.05) is 49.9 Å². The molecule has 7 unspecified atom stereocenters. The van der Waals surface area contributed by atoms with Crippen LogP contribution in [0.4, 0.5) is 0 Å². The van der Waals surface area contributed by atoms with Crippen molar-refractivity contribution >= 4 is 28.2 Å². The van der Waals surface area contributed by atoms with Gasteiger partial charge in [-0.2, -0.15) is 11.8 Å². The van der Waals surface area contributed by atoms with Crippen molar-refractivity contribution in [2.24, 2.45) is 22.9 Å². The first-order valence-electron chi connectivity index (χ1n) is 21.6. The number of aromatic nitrogens is 1. The number of hydrogen-bond acceptors (Lipinski definition) is 10. The maximum Gasteiger partial charge on any atom is 0.230 e. The van der Waals surface area contributed by atoms with Crippen molar-refractivity contribution in [3.8, 4) is 17.2 Å². The number of fused-ring (bicyclic) bond motifs is 3. The zero-order valence-corrected chi connectivity index (χ0v) is 34.8. The molecule has 10 heteroatoms. The molecule has 7 atom stereocenters. The van der Waals surface area contributed by atoms with E-state index >= 15 is 0 Å². The van der Waals surface area contributed by atoms with Crippen molar-refractivity contribution in [1.29, 1.82) is 0 Å². The van der Waals surface area contributed by atoms with Crippen LogP contribution in [0.2, 0.25) is 0 Å². The molecule has 0 bridgehead atoms. The van der Waals surface area contributed by atoms with Crippen LogP contribution in [0.15, 0.2) is 115 Å². The van der Waals surface area contributed by atoms with E-state index in [4.69, 9.17) is 28.9 Å². The maximum atomic E-state index is 9.99. The standard InChI is InChI=1S/C49H58N2O7S/c1-2-27-55-49-45(59-29-22-34-20-23-50-24-21-34)33-43(51-58-46-15-7-10-28-54-46)41-31-37(13-5-8-25-52)40(14-6-9-26-53)47(48(41)49)42-32-39(18-19-44(42)57-49)56-38-17-16-35-11-3-4-12-36(35)30-38/h2-4,11-12,16-21,23-24,30-32,37,40,45-48,52-53H,1,5-10,13-15,22,25-29,33H2. The lowest BCUT2D eigenvalue weighted by Gasteiger charge is -2.58. The van der Waals surface area contributed by atoms with E-state index < -0.39 is 5.79 Å². The summed E-state index contributed by atoms with van der Waals surface area (Å²) in [5.74, 6) is 2.28. The van der Waals surface area contributed by atoms with Crippen molar-refractivity contribution in [2.75, 3.05) is 32.2 Å². The summed E-state index contributed by atoms with van der Waals surface area (Å²) in [7, 11) is 0. The summed E-state index contributed by atoms with van der Waals surface area (Å²) in [5, 5.41) is 27.0. The van der Waals surface area contributed by atoms with Gasteiger partial charge >= 0.3 is 0 Å². The third kappa shape index (κ3) is 9.42. The molecule has 2 fully saturated rings. The number of nitrogens with zero attached hydrogens (tertiary/aromatic N) is 2. The van der Waals surface area contributed by atoms with Crippen molar-refractivity contribution in [2.45, 2.75) is 93.9 Å². The quantitative estimate of drug-likeness (QED) is 0.0543. The first kappa shape index (κ1) is 41.5. The zero-order chi connectivity index (χ0) is 40.4. The van der Waals surface area contributed by atoms with Crippen LogP contribution in [0.25, 0.3) is 10.8 Å². The lowest BCUT2D eigenvalue weighted by atomic mass is 9.56. The molecule has 1 saturated heterocycles. The highest BCUT2D eigenvalue weighted by Crippen LogP contribution is 2.62. The molecular weight excluding hydrogens is 761 g/mol. The molecule has 59 heavy (non-hydrogen) atoms. The van der Waals surface area contributed by atoms with Crippen LogP contribution in [0.3, 0.4) is 0 Å². The molecule has 0 spiro atoms. The summed E-state index contributed by atoms with van der Waals surface area (Å²) >= 11 is 1.87. The highest BCUT2D eigenvalue weighted by Gasteiger charge is 2.64. The average Bonchev–Trinajstić information content (AvgIpc) is 3.27. The van der Waals surface area contributed by atoms with Gasteiger partial charge < -0.3 is 34.0 Å². The van der Waals surface area contributed by atoms with Crippen LogP contribution in [0.5, 0.6) is 17.2 Å². The fourth-order valence-corrected chi connectivity index (χ4v) is 11.1. The second-order valence-corrected chi connectivity index (χ2v) is 17.5. The topological polar surface area (TPSA) is 112 Å². The molecule has 1 saturated carbocycles. The second kappa shape index (κ2) is 19.9. The molecule has 2 aliphatic carbocycles. The summed E-state index contributed by atoms with van der Waals surface area (Å²) in [5.41, 5.74) is 4.36. The molecule has 1 aromatic heterocycles. The Morgan fingerprint density at radius 1 is 0.915 bits per heavy atom. The third-order valence-corrected chi connectivity index (χ3v) is 13.8. The molecular formula is C49H58N2O7S. The Morgan fingerprint density at radius 2 is 1.71 bits per heavy atom. The SMILES string of the molecule is C=CCOC12Oc3ccc(Oc4ccc5ccccc5c4)cc3C3C(CCCCO)C(CCCCO)C=C(C(=NOC4CCCCO4)CC1SCCc1ccncc1)C32. The minimum Gasteiger partial charge on any atom is -0.460 e. The fourth-order valence-electron chi connectivity index (χ4n) is 9.69. The van der Waals surface area contributed by atoms with E-state index in [1.54, 1.807) is 0 Å². The van der Waals surface area contributed by atoms with Gasteiger partial charge in [0.15, 0.2) is 0 Å². The number of aryl methyl sites for hydroxylation is 1. The first-order valence-corrected chi connectivity index (χ1v) is 22.7. The largest absolute Gasteiger partial charge is 0.460 e. The van der Waals surface area contributed by atoms with Crippen LogP contribution >= 0.6 is 11.8 Å². The minimum absolute atomic E-state index is 0.0266. The number of allylic oxidation sites excluding steroid dienone is 1. The summed E-state index contributed by atoms with van der Waals surface area (Å²) < 4.78 is 27.2. The van der Waals surface area contributed by atoms with Gasteiger partial charge in [0.2, 0.25) is 12.1 Å². The number of unbranched alkanes of at least 4 members (excludes halogenated alkanes) is 2. The molecule has 2 N–H and O–H groups in total. The van der Waals surface area contributed by atoms with Crippen LogP contribution < -0.4 is 9.47 Å². The first-order chi connectivity index (χ1) is 29.1. The van der Waals surface area contributed by atoms with E-state index in [2.05, 4.69) is 66.2 Å². The van der Waals surface area contributed by atoms with E-state index in [0.717, 1.165) is 115 Å². The van der Waals surface area contributed by atoms with Crippen molar-refractivity contribution < 1.29 is 34.0 Å². The Balaban J connectivity index is 1.25. The van der Waals surface area contributed by atoms with Gasteiger partial charge in [0.05, 0.1) is 30.1 Å². The fraction of sp³-hybridized carbons (Fsp3) is 0.469. The van der Waals surface area contributed by atoms with Gasteiger partial charge in [-0.3, -0.25) is 4.98 Å². The van der Waals surface area contributed by atoms with E-state index in [-0.39, 0.29) is 48.4 Å². The highest BCUT2D eigenvalue weighted by molar-refractivity contribution is 8.00. The van der Waals surface area contributed by atoms with Crippen molar-refractivity contribution in [1.82, 2.24) is 4.98 Å². The Kier molecular flexibility index (Phi) is 14.0. The Labute approximate surface area is 352 Å². The Morgan fingerprint density at radius 3 is 2.51 bits per heavy atom. The van der Waals surface area contributed by atoms with Crippen molar-refractivity contribution in [3.63, 3.8) is 0 Å². The number of oxime groups is 1. The zero-order valence-electron chi connectivity index (χ0n) is 34.0. The lowest BCUT2D eigenvalue weighted by Crippen LogP contribution is -2.64. The number of aliphatic hydroxyl groups is 2.